The van der Waals surface area contributed by atoms with Gasteiger partial charge in [0.1, 0.15) is 11.6 Å². The highest BCUT2D eigenvalue weighted by molar-refractivity contribution is 5.51. The fourth-order valence-electron chi connectivity index (χ4n) is 3.23. The summed E-state index contributed by atoms with van der Waals surface area (Å²) in [4.78, 5) is 8.15. The first-order chi connectivity index (χ1) is 8.24. The van der Waals surface area contributed by atoms with Gasteiger partial charge in [0.15, 0.2) is 0 Å². The van der Waals surface area contributed by atoms with Crippen LogP contribution in [-0.4, -0.2) is 16.0 Å². The zero-order valence-electron chi connectivity index (χ0n) is 9.69. The summed E-state index contributed by atoms with van der Waals surface area (Å²) >= 11 is 0. The number of hydrazine groups is 1. The van der Waals surface area contributed by atoms with Gasteiger partial charge in [-0.05, 0) is 31.1 Å². The summed E-state index contributed by atoms with van der Waals surface area (Å²) in [6.45, 7) is 0. The number of nitrogens with one attached hydrogen (secondary N) is 2. The van der Waals surface area contributed by atoms with Gasteiger partial charge in [-0.3, -0.25) is 0 Å². The molecule has 6 heteroatoms. The van der Waals surface area contributed by atoms with Gasteiger partial charge in [0.25, 0.3) is 0 Å². The number of hydrogen-bond donors (Lipinski definition) is 4. The Bertz CT molecular complexity index is 420. The molecule has 0 amide bonds. The normalized spacial score (nSPS) is 30.5. The molecule has 1 heterocycles. The van der Waals surface area contributed by atoms with E-state index in [0.29, 0.717) is 11.9 Å². The molecule has 92 valence electrons. The number of aromatic nitrogens is 2. The second kappa shape index (κ2) is 4.03. The standard InChI is InChI=1S/C11H18N6/c12-11-15-9(5-10(16-11)17-13)14-8-4-6-1-2-7(8)3-6/h5-8H,1-4,13H2,(H4,12,14,15,16,17). The monoisotopic (exact) mass is 234 g/mol. The van der Waals surface area contributed by atoms with Crippen LogP contribution in [0.15, 0.2) is 6.07 Å². The molecule has 2 aliphatic rings. The molecule has 17 heavy (non-hydrogen) atoms. The lowest BCUT2D eigenvalue weighted by molar-refractivity contribution is 0.439. The molecule has 6 N–H and O–H groups in total. The van der Waals surface area contributed by atoms with Gasteiger partial charge in [0.2, 0.25) is 5.95 Å². The van der Waals surface area contributed by atoms with Crippen molar-refractivity contribution in [2.24, 2.45) is 17.7 Å². The molecular formula is C11H18N6. The molecule has 1 aromatic rings. The minimum absolute atomic E-state index is 0.242. The van der Waals surface area contributed by atoms with Crippen LogP contribution in [0.3, 0.4) is 0 Å². The number of nitrogen functional groups attached to an aromatic ring is 2. The van der Waals surface area contributed by atoms with Crippen molar-refractivity contribution in [3.05, 3.63) is 6.07 Å². The second-order valence-electron chi connectivity index (χ2n) is 5.07. The number of fused-ring (bicyclic) bond motifs is 2. The lowest BCUT2D eigenvalue weighted by atomic mass is 9.95. The zero-order valence-corrected chi connectivity index (χ0v) is 9.69. The highest BCUT2D eigenvalue weighted by Crippen LogP contribution is 2.45. The second-order valence-corrected chi connectivity index (χ2v) is 5.07. The van der Waals surface area contributed by atoms with E-state index in [2.05, 4.69) is 20.7 Å². The maximum Gasteiger partial charge on any atom is 0.223 e. The van der Waals surface area contributed by atoms with Crippen LogP contribution in [0.2, 0.25) is 0 Å². The van der Waals surface area contributed by atoms with Gasteiger partial charge >= 0.3 is 0 Å². The van der Waals surface area contributed by atoms with Crippen LogP contribution >= 0.6 is 0 Å². The minimum Gasteiger partial charge on any atom is -0.368 e. The van der Waals surface area contributed by atoms with Gasteiger partial charge in [-0.25, -0.2) is 5.84 Å². The molecule has 1 aromatic heterocycles. The molecule has 6 nitrogen and oxygen atoms in total. The molecule has 0 aromatic carbocycles. The van der Waals surface area contributed by atoms with Crippen LogP contribution in [0.25, 0.3) is 0 Å². The van der Waals surface area contributed by atoms with E-state index in [1.165, 1.54) is 25.7 Å². The average molecular weight is 234 g/mol. The summed E-state index contributed by atoms with van der Waals surface area (Å²) < 4.78 is 0. The lowest BCUT2D eigenvalue weighted by Crippen LogP contribution is -2.26. The number of rotatable bonds is 3. The van der Waals surface area contributed by atoms with Crippen LogP contribution < -0.4 is 22.3 Å². The predicted octanol–water partition coefficient (Wildman–Crippen LogP) is 0.945. The average Bonchev–Trinajstić information content (AvgIpc) is 2.90. The maximum atomic E-state index is 5.63. The zero-order chi connectivity index (χ0) is 11.8. The van der Waals surface area contributed by atoms with E-state index in [4.69, 9.17) is 11.6 Å². The number of anilines is 3. The van der Waals surface area contributed by atoms with Gasteiger partial charge in [-0.1, -0.05) is 6.42 Å². The Morgan fingerprint density at radius 3 is 2.65 bits per heavy atom. The molecule has 3 atom stereocenters. The van der Waals surface area contributed by atoms with Crippen molar-refractivity contribution >= 4 is 17.6 Å². The first kappa shape index (κ1) is 10.6. The molecule has 2 fully saturated rings. The van der Waals surface area contributed by atoms with Crippen molar-refractivity contribution in [3.8, 4) is 0 Å². The van der Waals surface area contributed by atoms with Gasteiger partial charge in [-0.2, -0.15) is 9.97 Å². The van der Waals surface area contributed by atoms with Crippen molar-refractivity contribution in [1.29, 1.82) is 0 Å². The summed E-state index contributed by atoms with van der Waals surface area (Å²) in [5.74, 6) is 8.59. The molecule has 2 aliphatic carbocycles. The first-order valence-electron chi connectivity index (χ1n) is 6.12. The molecule has 0 spiro atoms. The summed E-state index contributed by atoms with van der Waals surface area (Å²) in [6.07, 6.45) is 5.34. The topological polar surface area (TPSA) is 102 Å². The lowest BCUT2D eigenvalue weighted by Gasteiger charge is -2.23. The molecule has 2 bridgehead atoms. The van der Waals surface area contributed by atoms with Gasteiger partial charge in [0.05, 0.1) is 0 Å². The van der Waals surface area contributed by atoms with Crippen LogP contribution in [0.5, 0.6) is 0 Å². The van der Waals surface area contributed by atoms with Crippen LogP contribution in [0.4, 0.5) is 17.6 Å². The summed E-state index contributed by atoms with van der Waals surface area (Å²) in [7, 11) is 0. The number of nitrogens with zero attached hydrogens (tertiary/aromatic N) is 2. The quantitative estimate of drug-likeness (QED) is 0.458. The fourth-order valence-corrected chi connectivity index (χ4v) is 3.23. The minimum atomic E-state index is 0.242. The van der Waals surface area contributed by atoms with Crippen LogP contribution in [0.1, 0.15) is 25.7 Å². The third kappa shape index (κ3) is 2.00. The van der Waals surface area contributed by atoms with Crippen molar-refractivity contribution < 1.29 is 0 Å². The van der Waals surface area contributed by atoms with Crippen molar-refractivity contribution in [3.63, 3.8) is 0 Å². The largest absolute Gasteiger partial charge is 0.368 e. The van der Waals surface area contributed by atoms with E-state index in [0.717, 1.165) is 17.7 Å². The molecule has 3 rings (SSSR count). The van der Waals surface area contributed by atoms with Crippen molar-refractivity contribution in [2.45, 2.75) is 31.7 Å². The fraction of sp³-hybridized carbons (Fsp3) is 0.636. The van der Waals surface area contributed by atoms with E-state index < -0.39 is 0 Å². The van der Waals surface area contributed by atoms with Crippen molar-refractivity contribution in [1.82, 2.24) is 9.97 Å². The van der Waals surface area contributed by atoms with E-state index >= 15 is 0 Å². The Hall–Kier alpha value is -1.56. The molecule has 3 unspecified atom stereocenters. The number of hydrogen-bond acceptors (Lipinski definition) is 6. The highest BCUT2D eigenvalue weighted by Gasteiger charge is 2.39. The summed E-state index contributed by atoms with van der Waals surface area (Å²) in [5.41, 5.74) is 8.12. The molecule has 2 saturated carbocycles. The summed E-state index contributed by atoms with van der Waals surface area (Å²) in [5, 5.41) is 3.46. The molecule has 0 saturated heterocycles. The smallest absolute Gasteiger partial charge is 0.223 e. The van der Waals surface area contributed by atoms with E-state index in [-0.39, 0.29) is 5.95 Å². The van der Waals surface area contributed by atoms with Crippen LogP contribution in [-0.2, 0) is 0 Å². The van der Waals surface area contributed by atoms with Gasteiger partial charge in [0, 0.05) is 12.1 Å². The molecule has 0 radical (unpaired) electrons. The van der Waals surface area contributed by atoms with Crippen molar-refractivity contribution in [2.75, 3.05) is 16.5 Å². The Balaban J connectivity index is 1.74. The Labute approximate surface area is 100 Å². The Morgan fingerprint density at radius 1 is 1.18 bits per heavy atom. The van der Waals surface area contributed by atoms with E-state index in [9.17, 15) is 0 Å². The van der Waals surface area contributed by atoms with E-state index in [1.807, 2.05) is 0 Å². The van der Waals surface area contributed by atoms with Gasteiger partial charge in [-0.15, -0.1) is 0 Å². The third-order valence-electron chi connectivity index (χ3n) is 3.96. The molecule has 0 aliphatic heterocycles. The predicted molar refractivity (Wildman–Crippen MR) is 67.1 cm³/mol. The Kier molecular flexibility index (Phi) is 2.51. The third-order valence-corrected chi connectivity index (χ3v) is 3.96. The Morgan fingerprint density at radius 2 is 2.00 bits per heavy atom. The maximum absolute atomic E-state index is 5.63. The SMILES string of the molecule is NNc1cc(NC2CC3CCC2C3)nc(N)n1. The first-order valence-corrected chi connectivity index (χ1v) is 6.12. The van der Waals surface area contributed by atoms with Crippen LogP contribution in [0, 0.1) is 11.8 Å². The summed E-state index contributed by atoms with van der Waals surface area (Å²) in [6, 6.07) is 2.33. The van der Waals surface area contributed by atoms with E-state index in [1.54, 1.807) is 6.07 Å². The number of nitrogens with two attached hydrogens (primary N) is 2. The highest BCUT2D eigenvalue weighted by atomic mass is 15.3. The molecular weight excluding hydrogens is 216 g/mol. The van der Waals surface area contributed by atoms with Gasteiger partial charge < -0.3 is 16.5 Å².